The van der Waals surface area contributed by atoms with Crippen molar-refractivity contribution in [2.75, 3.05) is 19.6 Å². The molecule has 3 N–H and O–H groups in total. The fourth-order valence-corrected chi connectivity index (χ4v) is 3.36. The Hall–Kier alpha value is -0.120. The molecule has 0 aromatic carbocycles. The zero-order chi connectivity index (χ0) is 12.8. The molecule has 1 aliphatic carbocycles. The van der Waals surface area contributed by atoms with Crippen LogP contribution in [0.15, 0.2) is 0 Å². The molecule has 0 bridgehead atoms. The number of aliphatic hydroxyl groups is 1. The van der Waals surface area contributed by atoms with Crippen molar-refractivity contribution in [3.8, 4) is 0 Å². The van der Waals surface area contributed by atoms with E-state index in [-0.39, 0.29) is 0 Å². The first kappa shape index (κ1) is 14.3. The molecule has 1 heterocycles. The standard InChI is InChI=1S/C15H30N2O/c1-2-13-5-8-15(18,9-6-13)12-17-14-4-3-10-16-11-7-14/h13-14,16-18H,2-12H2,1H3. The van der Waals surface area contributed by atoms with Crippen LogP contribution in [0.3, 0.4) is 0 Å². The van der Waals surface area contributed by atoms with Gasteiger partial charge in [-0.1, -0.05) is 13.3 Å². The van der Waals surface area contributed by atoms with E-state index in [1.807, 2.05) is 0 Å². The van der Waals surface area contributed by atoms with Gasteiger partial charge in [0.1, 0.15) is 0 Å². The Kier molecular flexibility index (Phi) is 5.46. The Balaban J connectivity index is 1.71. The van der Waals surface area contributed by atoms with Gasteiger partial charge in [0.2, 0.25) is 0 Å². The summed E-state index contributed by atoms with van der Waals surface area (Å²) >= 11 is 0. The van der Waals surface area contributed by atoms with Crippen molar-refractivity contribution in [2.45, 2.75) is 69.9 Å². The lowest BCUT2D eigenvalue weighted by Gasteiger charge is -2.37. The molecule has 2 aliphatic rings. The molecule has 1 aliphatic heterocycles. The summed E-state index contributed by atoms with van der Waals surface area (Å²) in [6.07, 6.45) is 9.38. The molecule has 0 amide bonds. The number of hydrogen-bond donors (Lipinski definition) is 3. The molecule has 3 heteroatoms. The Bertz CT molecular complexity index is 229. The number of hydrogen-bond acceptors (Lipinski definition) is 3. The molecule has 0 aromatic heterocycles. The lowest BCUT2D eigenvalue weighted by molar-refractivity contribution is -0.0109. The van der Waals surface area contributed by atoms with Crippen LogP contribution in [0.5, 0.6) is 0 Å². The van der Waals surface area contributed by atoms with Gasteiger partial charge in [-0.3, -0.25) is 0 Å². The first-order valence-corrected chi connectivity index (χ1v) is 7.88. The van der Waals surface area contributed by atoms with E-state index in [4.69, 9.17) is 0 Å². The maximum Gasteiger partial charge on any atom is 0.0771 e. The molecule has 18 heavy (non-hydrogen) atoms. The van der Waals surface area contributed by atoms with E-state index in [9.17, 15) is 5.11 Å². The summed E-state index contributed by atoms with van der Waals surface area (Å²) in [5, 5.41) is 17.7. The lowest BCUT2D eigenvalue weighted by Crippen LogP contribution is -2.46. The van der Waals surface area contributed by atoms with Crippen LogP contribution in [0.25, 0.3) is 0 Å². The third-order valence-electron chi connectivity index (χ3n) is 4.91. The average Bonchev–Trinajstić information content (AvgIpc) is 2.66. The Morgan fingerprint density at radius 2 is 1.94 bits per heavy atom. The van der Waals surface area contributed by atoms with Crippen molar-refractivity contribution in [3.63, 3.8) is 0 Å². The highest BCUT2D eigenvalue weighted by atomic mass is 16.3. The van der Waals surface area contributed by atoms with E-state index in [0.717, 1.165) is 38.4 Å². The predicted molar refractivity (Wildman–Crippen MR) is 75.7 cm³/mol. The van der Waals surface area contributed by atoms with Crippen molar-refractivity contribution >= 4 is 0 Å². The van der Waals surface area contributed by atoms with Crippen molar-refractivity contribution in [3.05, 3.63) is 0 Å². The van der Waals surface area contributed by atoms with E-state index in [0.29, 0.717) is 6.04 Å². The summed E-state index contributed by atoms with van der Waals surface area (Å²) in [4.78, 5) is 0. The molecule has 1 saturated heterocycles. The molecule has 1 unspecified atom stereocenters. The first-order valence-electron chi connectivity index (χ1n) is 7.88. The third kappa shape index (κ3) is 4.22. The minimum atomic E-state index is -0.425. The van der Waals surface area contributed by atoms with Gasteiger partial charge in [0.25, 0.3) is 0 Å². The van der Waals surface area contributed by atoms with Crippen LogP contribution in [0, 0.1) is 5.92 Å². The summed E-state index contributed by atoms with van der Waals surface area (Å²) < 4.78 is 0. The van der Waals surface area contributed by atoms with Crippen LogP contribution >= 0.6 is 0 Å². The summed E-state index contributed by atoms with van der Waals surface area (Å²) in [5.74, 6) is 0.854. The zero-order valence-corrected chi connectivity index (χ0v) is 11.9. The largest absolute Gasteiger partial charge is 0.389 e. The summed E-state index contributed by atoms with van der Waals surface area (Å²) in [6, 6.07) is 0.605. The number of nitrogens with one attached hydrogen (secondary N) is 2. The van der Waals surface area contributed by atoms with Crippen LogP contribution in [-0.4, -0.2) is 36.4 Å². The fraction of sp³-hybridized carbons (Fsp3) is 1.00. The Morgan fingerprint density at radius 1 is 1.17 bits per heavy atom. The highest BCUT2D eigenvalue weighted by Crippen LogP contribution is 2.33. The van der Waals surface area contributed by atoms with Gasteiger partial charge in [-0.25, -0.2) is 0 Å². The average molecular weight is 254 g/mol. The second-order valence-electron chi connectivity index (χ2n) is 6.33. The van der Waals surface area contributed by atoms with Crippen molar-refractivity contribution in [1.82, 2.24) is 10.6 Å². The van der Waals surface area contributed by atoms with Gasteiger partial charge in [0.05, 0.1) is 5.60 Å². The molecular weight excluding hydrogens is 224 g/mol. The number of rotatable bonds is 4. The van der Waals surface area contributed by atoms with Gasteiger partial charge in [0.15, 0.2) is 0 Å². The quantitative estimate of drug-likeness (QED) is 0.719. The monoisotopic (exact) mass is 254 g/mol. The van der Waals surface area contributed by atoms with Crippen LogP contribution in [0.2, 0.25) is 0 Å². The maximum atomic E-state index is 10.6. The van der Waals surface area contributed by atoms with Gasteiger partial charge in [-0.05, 0) is 64.0 Å². The molecule has 2 fully saturated rings. The van der Waals surface area contributed by atoms with E-state index < -0.39 is 5.60 Å². The lowest BCUT2D eigenvalue weighted by atomic mass is 9.77. The molecule has 0 aromatic rings. The molecule has 2 rings (SSSR count). The van der Waals surface area contributed by atoms with Crippen LogP contribution in [0.1, 0.15) is 58.3 Å². The van der Waals surface area contributed by atoms with Crippen molar-refractivity contribution in [1.29, 1.82) is 0 Å². The van der Waals surface area contributed by atoms with Crippen LogP contribution < -0.4 is 10.6 Å². The first-order chi connectivity index (χ1) is 8.72. The van der Waals surface area contributed by atoms with Gasteiger partial charge < -0.3 is 15.7 Å². The topological polar surface area (TPSA) is 44.3 Å². The van der Waals surface area contributed by atoms with Gasteiger partial charge in [0, 0.05) is 12.6 Å². The highest BCUT2D eigenvalue weighted by Gasteiger charge is 2.32. The minimum Gasteiger partial charge on any atom is -0.389 e. The van der Waals surface area contributed by atoms with Gasteiger partial charge in [-0.15, -0.1) is 0 Å². The Labute approximate surface area is 112 Å². The second-order valence-corrected chi connectivity index (χ2v) is 6.33. The maximum absolute atomic E-state index is 10.6. The highest BCUT2D eigenvalue weighted by molar-refractivity contribution is 4.88. The summed E-state index contributed by atoms with van der Waals surface area (Å²) in [7, 11) is 0. The van der Waals surface area contributed by atoms with E-state index >= 15 is 0 Å². The SMILES string of the molecule is CCC1CCC(O)(CNC2CCCNCC2)CC1. The summed E-state index contributed by atoms with van der Waals surface area (Å²) in [6.45, 7) is 5.34. The van der Waals surface area contributed by atoms with Crippen molar-refractivity contribution < 1.29 is 5.11 Å². The van der Waals surface area contributed by atoms with Gasteiger partial charge in [-0.2, -0.15) is 0 Å². The predicted octanol–water partition coefficient (Wildman–Crippen LogP) is 2.05. The van der Waals surface area contributed by atoms with E-state index in [1.165, 1.54) is 38.5 Å². The molecule has 3 nitrogen and oxygen atoms in total. The van der Waals surface area contributed by atoms with Gasteiger partial charge >= 0.3 is 0 Å². The molecule has 106 valence electrons. The third-order valence-corrected chi connectivity index (χ3v) is 4.91. The Morgan fingerprint density at radius 3 is 2.67 bits per heavy atom. The van der Waals surface area contributed by atoms with Crippen molar-refractivity contribution in [2.24, 2.45) is 5.92 Å². The second kappa shape index (κ2) is 6.88. The zero-order valence-electron chi connectivity index (χ0n) is 11.9. The van der Waals surface area contributed by atoms with E-state index in [1.54, 1.807) is 0 Å². The molecular formula is C15H30N2O. The molecule has 1 atom stereocenters. The normalized spacial score (nSPS) is 38.3. The fourth-order valence-electron chi connectivity index (χ4n) is 3.36. The minimum absolute atomic E-state index is 0.425. The summed E-state index contributed by atoms with van der Waals surface area (Å²) in [5.41, 5.74) is -0.425. The molecule has 1 saturated carbocycles. The molecule has 0 spiro atoms. The van der Waals surface area contributed by atoms with E-state index in [2.05, 4.69) is 17.6 Å². The molecule has 0 radical (unpaired) electrons. The van der Waals surface area contributed by atoms with Crippen LogP contribution in [0.4, 0.5) is 0 Å². The van der Waals surface area contributed by atoms with Crippen LogP contribution in [-0.2, 0) is 0 Å². The smallest absolute Gasteiger partial charge is 0.0771 e.